The largest absolute Gasteiger partial charge is 0.391 e. The zero-order chi connectivity index (χ0) is 11.0. The van der Waals surface area contributed by atoms with Crippen molar-refractivity contribution in [3.05, 3.63) is 16.9 Å². The van der Waals surface area contributed by atoms with Crippen LogP contribution in [0, 0.1) is 6.92 Å². The van der Waals surface area contributed by atoms with Crippen LogP contribution in [0.4, 0.5) is 5.95 Å². The highest BCUT2D eigenvalue weighted by atomic mass is 35.5. The van der Waals surface area contributed by atoms with Crippen LogP contribution in [0.5, 0.6) is 0 Å². The third kappa shape index (κ3) is 2.08. The molecule has 1 N–H and O–H groups in total. The van der Waals surface area contributed by atoms with Crippen molar-refractivity contribution >= 4 is 23.5 Å². The summed E-state index contributed by atoms with van der Waals surface area (Å²) in [6, 6.07) is 1.61. The summed E-state index contributed by atoms with van der Waals surface area (Å²) in [7, 11) is 0. The molecule has 1 aliphatic heterocycles. The maximum atomic E-state index is 11.5. The molecule has 0 aliphatic carbocycles. The normalized spacial score (nSPS) is 21.1. The molecule has 1 aromatic rings. The maximum Gasteiger partial charge on any atom is 0.233 e. The van der Waals surface area contributed by atoms with Gasteiger partial charge < -0.3 is 5.11 Å². The second-order valence-corrected chi connectivity index (χ2v) is 3.88. The Labute approximate surface area is 91.7 Å². The molecule has 0 saturated carbocycles. The first-order valence-corrected chi connectivity index (χ1v) is 4.93. The number of aromatic nitrogens is 2. The van der Waals surface area contributed by atoms with Crippen LogP contribution >= 0.6 is 11.6 Å². The van der Waals surface area contributed by atoms with Gasteiger partial charge in [0.2, 0.25) is 11.9 Å². The van der Waals surface area contributed by atoms with Crippen molar-refractivity contribution < 1.29 is 9.90 Å². The number of hydrogen-bond acceptors (Lipinski definition) is 4. The summed E-state index contributed by atoms with van der Waals surface area (Å²) < 4.78 is 0. The number of carbonyl (C=O) groups excluding carboxylic acids is 1. The van der Waals surface area contributed by atoms with Gasteiger partial charge in [-0.1, -0.05) is 11.6 Å². The van der Waals surface area contributed by atoms with Gasteiger partial charge in [-0.15, -0.1) is 0 Å². The Morgan fingerprint density at radius 1 is 1.60 bits per heavy atom. The summed E-state index contributed by atoms with van der Waals surface area (Å²) in [5.41, 5.74) is 0.694. The van der Waals surface area contributed by atoms with E-state index in [1.807, 2.05) is 0 Å². The van der Waals surface area contributed by atoms with Crippen molar-refractivity contribution in [2.75, 3.05) is 11.4 Å². The summed E-state index contributed by atoms with van der Waals surface area (Å²) in [4.78, 5) is 20.8. The van der Waals surface area contributed by atoms with Gasteiger partial charge in [0.1, 0.15) is 5.15 Å². The lowest BCUT2D eigenvalue weighted by Gasteiger charge is -2.13. The average molecular weight is 228 g/mol. The molecule has 1 fully saturated rings. The third-order valence-electron chi connectivity index (χ3n) is 2.16. The Bertz CT molecular complexity index is 390. The summed E-state index contributed by atoms with van der Waals surface area (Å²) in [6.45, 7) is 2.01. The van der Waals surface area contributed by atoms with Gasteiger partial charge in [-0.05, 0) is 13.0 Å². The number of hydrogen-bond donors (Lipinski definition) is 1. The third-order valence-corrected chi connectivity index (χ3v) is 2.35. The molecule has 0 radical (unpaired) electrons. The Hall–Kier alpha value is -1.20. The summed E-state index contributed by atoms with van der Waals surface area (Å²) in [6.07, 6.45) is -0.519. The number of nitrogens with zero attached hydrogens (tertiary/aromatic N) is 3. The molecule has 1 amide bonds. The number of β-amino-alcohol motifs (C(OH)–C–C–N with tert-alkyl or cyclic N) is 1. The SMILES string of the molecule is Cc1cc(Cl)nc(N2CC(O)CC2=O)n1. The molecule has 80 valence electrons. The molecule has 1 aromatic heterocycles. The van der Waals surface area contributed by atoms with E-state index in [1.54, 1.807) is 13.0 Å². The van der Waals surface area contributed by atoms with Gasteiger partial charge in [0, 0.05) is 5.69 Å². The van der Waals surface area contributed by atoms with Crippen LogP contribution in [0.1, 0.15) is 12.1 Å². The number of aliphatic hydroxyl groups excluding tert-OH is 1. The molecule has 0 spiro atoms. The number of halogens is 1. The second-order valence-electron chi connectivity index (χ2n) is 3.49. The van der Waals surface area contributed by atoms with E-state index in [2.05, 4.69) is 9.97 Å². The topological polar surface area (TPSA) is 66.3 Å². The Kier molecular flexibility index (Phi) is 2.58. The maximum absolute atomic E-state index is 11.5. The predicted octanol–water partition coefficient (Wildman–Crippen LogP) is 0.536. The number of carbonyl (C=O) groups is 1. The van der Waals surface area contributed by atoms with Crippen molar-refractivity contribution in [3.63, 3.8) is 0 Å². The van der Waals surface area contributed by atoms with E-state index in [4.69, 9.17) is 11.6 Å². The molecule has 1 atom stereocenters. The summed E-state index contributed by atoms with van der Waals surface area (Å²) >= 11 is 5.76. The van der Waals surface area contributed by atoms with Crippen LogP contribution in [0.3, 0.4) is 0 Å². The fourth-order valence-electron chi connectivity index (χ4n) is 1.52. The van der Waals surface area contributed by atoms with Crippen molar-refractivity contribution in [3.8, 4) is 0 Å². The quantitative estimate of drug-likeness (QED) is 0.711. The van der Waals surface area contributed by atoms with Gasteiger partial charge in [0.15, 0.2) is 0 Å². The van der Waals surface area contributed by atoms with E-state index >= 15 is 0 Å². The predicted molar refractivity (Wildman–Crippen MR) is 54.8 cm³/mol. The Balaban J connectivity index is 2.33. The van der Waals surface area contributed by atoms with Crippen LogP contribution in [0.15, 0.2) is 6.07 Å². The van der Waals surface area contributed by atoms with Crippen molar-refractivity contribution in [1.82, 2.24) is 9.97 Å². The molecule has 2 heterocycles. The molecule has 15 heavy (non-hydrogen) atoms. The number of rotatable bonds is 1. The lowest BCUT2D eigenvalue weighted by molar-refractivity contribution is -0.117. The lowest BCUT2D eigenvalue weighted by atomic mass is 10.3. The van der Waals surface area contributed by atoms with Crippen molar-refractivity contribution in [2.24, 2.45) is 0 Å². The minimum Gasteiger partial charge on any atom is -0.391 e. The van der Waals surface area contributed by atoms with E-state index in [0.29, 0.717) is 10.8 Å². The first-order chi connectivity index (χ1) is 7.06. The second kappa shape index (κ2) is 3.75. The Morgan fingerprint density at radius 3 is 2.87 bits per heavy atom. The van der Waals surface area contributed by atoms with Crippen LogP contribution in [0.2, 0.25) is 5.15 Å². The molecule has 1 unspecified atom stereocenters. The van der Waals surface area contributed by atoms with Gasteiger partial charge in [-0.2, -0.15) is 0 Å². The zero-order valence-electron chi connectivity index (χ0n) is 8.14. The van der Waals surface area contributed by atoms with Crippen molar-refractivity contribution in [1.29, 1.82) is 0 Å². The van der Waals surface area contributed by atoms with E-state index in [1.165, 1.54) is 4.90 Å². The number of aryl methyl sites for hydroxylation is 1. The highest BCUT2D eigenvalue weighted by molar-refractivity contribution is 6.29. The molecule has 1 saturated heterocycles. The standard InChI is InChI=1S/C9H10ClN3O2/c1-5-2-7(10)12-9(11-5)13-4-6(14)3-8(13)15/h2,6,14H,3-4H2,1H3. The molecule has 0 bridgehead atoms. The fourth-order valence-corrected chi connectivity index (χ4v) is 1.75. The molecule has 0 aromatic carbocycles. The summed E-state index contributed by atoms with van der Waals surface area (Å²) in [5.74, 6) is 0.0886. The van der Waals surface area contributed by atoms with Crippen LogP contribution in [0.25, 0.3) is 0 Å². The number of aliphatic hydroxyl groups is 1. The minimum absolute atomic E-state index is 0.120. The number of anilines is 1. The van der Waals surface area contributed by atoms with Gasteiger partial charge >= 0.3 is 0 Å². The monoisotopic (exact) mass is 227 g/mol. The highest BCUT2D eigenvalue weighted by Crippen LogP contribution is 2.19. The van der Waals surface area contributed by atoms with Gasteiger partial charge in [-0.3, -0.25) is 9.69 Å². The van der Waals surface area contributed by atoms with E-state index in [0.717, 1.165) is 0 Å². The van der Waals surface area contributed by atoms with Gasteiger partial charge in [-0.25, -0.2) is 9.97 Å². The highest BCUT2D eigenvalue weighted by Gasteiger charge is 2.31. The van der Waals surface area contributed by atoms with E-state index < -0.39 is 6.10 Å². The van der Waals surface area contributed by atoms with Gasteiger partial charge in [0.25, 0.3) is 0 Å². The summed E-state index contributed by atoms with van der Waals surface area (Å²) in [5, 5.41) is 9.62. The minimum atomic E-state index is -0.639. The molecule has 6 heteroatoms. The first-order valence-electron chi connectivity index (χ1n) is 4.56. The molecule has 1 aliphatic rings. The van der Waals surface area contributed by atoms with Crippen LogP contribution in [-0.4, -0.2) is 33.6 Å². The number of amides is 1. The zero-order valence-corrected chi connectivity index (χ0v) is 8.90. The smallest absolute Gasteiger partial charge is 0.233 e. The lowest BCUT2D eigenvalue weighted by Crippen LogP contribution is -2.27. The molecular weight excluding hydrogens is 218 g/mol. The van der Waals surface area contributed by atoms with E-state index in [-0.39, 0.29) is 24.8 Å². The fraction of sp³-hybridized carbons (Fsp3) is 0.444. The van der Waals surface area contributed by atoms with Crippen LogP contribution in [-0.2, 0) is 4.79 Å². The van der Waals surface area contributed by atoms with Crippen LogP contribution < -0.4 is 4.90 Å². The average Bonchev–Trinajstić information content (AvgIpc) is 2.43. The molecular formula is C9H10ClN3O2. The van der Waals surface area contributed by atoms with Crippen molar-refractivity contribution in [2.45, 2.75) is 19.4 Å². The molecule has 5 nitrogen and oxygen atoms in total. The van der Waals surface area contributed by atoms with E-state index in [9.17, 15) is 9.90 Å². The first kappa shape index (κ1) is 10.3. The molecule has 2 rings (SSSR count). The Morgan fingerprint density at radius 2 is 2.33 bits per heavy atom. The van der Waals surface area contributed by atoms with Gasteiger partial charge in [0.05, 0.1) is 19.1 Å².